The molecule has 0 spiro atoms. The molecule has 4 heteroatoms. The second-order valence-electron chi connectivity index (χ2n) is 2.75. The summed E-state index contributed by atoms with van der Waals surface area (Å²) in [5.41, 5.74) is 0.0725. The molecule has 0 saturated heterocycles. The first kappa shape index (κ1) is 11.8. The number of halogens is 2. The van der Waals surface area contributed by atoms with Crippen LogP contribution in [0.25, 0.3) is 0 Å². The van der Waals surface area contributed by atoms with Crippen molar-refractivity contribution in [2.75, 3.05) is 7.11 Å². The summed E-state index contributed by atoms with van der Waals surface area (Å²) in [5, 5.41) is 0. The monoisotopic (exact) mass is 210 g/mol. The molecule has 0 saturated carbocycles. The molecule has 70 valence electrons. The van der Waals surface area contributed by atoms with Crippen LogP contribution in [0.1, 0.15) is 13.8 Å². The lowest BCUT2D eigenvalue weighted by atomic mass is 10.0. The maximum absolute atomic E-state index is 11.0. The van der Waals surface area contributed by atoms with Crippen LogP contribution in [0, 0.1) is 5.92 Å². The van der Waals surface area contributed by atoms with Gasteiger partial charge in [0.15, 0.2) is 4.33 Å². The molecule has 0 bridgehead atoms. The molecule has 12 heavy (non-hydrogen) atoms. The minimum atomic E-state index is -1.24. The van der Waals surface area contributed by atoms with Gasteiger partial charge in [0.1, 0.15) is 0 Å². The minimum Gasteiger partial charge on any atom is -0.466 e. The Balaban J connectivity index is 4.57. The first-order valence-corrected chi connectivity index (χ1v) is 4.25. The fraction of sp³-hybridized carbons (Fsp3) is 0.625. The van der Waals surface area contributed by atoms with Crippen LogP contribution in [0.5, 0.6) is 0 Å². The summed E-state index contributed by atoms with van der Waals surface area (Å²) in [5.74, 6) is -0.666. The number of carbonyl (C=O) groups excluding carboxylic acids is 1. The molecule has 0 radical (unpaired) electrons. The van der Waals surface area contributed by atoms with Crippen LogP contribution < -0.4 is 0 Å². The molecule has 0 aromatic carbocycles. The second-order valence-corrected chi connectivity index (χ2v) is 4.13. The first-order chi connectivity index (χ1) is 5.34. The minimum absolute atomic E-state index is 0.0725. The molecule has 0 aliphatic rings. The maximum Gasteiger partial charge on any atom is 0.336 e. The predicted molar refractivity (Wildman–Crippen MR) is 50.4 cm³/mol. The zero-order valence-electron chi connectivity index (χ0n) is 7.36. The summed E-state index contributed by atoms with van der Waals surface area (Å²) in [6.07, 6.45) is 0. The van der Waals surface area contributed by atoms with E-state index in [1.165, 1.54) is 7.11 Å². The van der Waals surface area contributed by atoms with Crippen LogP contribution in [-0.4, -0.2) is 17.4 Å². The number of ether oxygens (including phenoxy) is 1. The van der Waals surface area contributed by atoms with Crippen molar-refractivity contribution in [3.63, 3.8) is 0 Å². The van der Waals surface area contributed by atoms with Crippen LogP contribution >= 0.6 is 23.2 Å². The maximum atomic E-state index is 11.0. The van der Waals surface area contributed by atoms with E-state index in [0.717, 1.165) is 0 Å². The zero-order chi connectivity index (χ0) is 9.94. The van der Waals surface area contributed by atoms with Gasteiger partial charge in [0, 0.05) is 0 Å². The van der Waals surface area contributed by atoms with E-state index in [1.54, 1.807) is 13.8 Å². The average Bonchev–Trinajstić information content (AvgIpc) is 2.01. The standard InChI is InChI=1S/C8H12Cl2O2/c1-5(2)8(9,10)6(3)7(11)12-4/h5H,3H2,1-2,4H3. The van der Waals surface area contributed by atoms with Gasteiger partial charge in [-0.25, -0.2) is 4.79 Å². The molecule has 0 rings (SSSR count). The highest BCUT2D eigenvalue weighted by Gasteiger charge is 2.36. The van der Waals surface area contributed by atoms with Crippen molar-refractivity contribution in [2.45, 2.75) is 18.2 Å². The molecule has 0 unspecified atom stereocenters. The number of methoxy groups -OCH3 is 1. The lowest BCUT2D eigenvalue weighted by Crippen LogP contribution is -2.28. The lowest BCUT2D eigenvalue weighted by Gasteiger charge is -2.24. The highest BCUT2D eigenvalue weighted by Crippen LogP contribution is 2.37. The van der Waals surface area contributed by atoms with Crippen molar-refractivity contribution in [1.29, 1.82) is 0 Å². The molecule has 2 nitrogen and oxygen atoms in total. The van der Waals surface area contributed by atoms with Crippen molar-refractivity contribution < 1.29 is 9.53 Å². The van der Waals surface area contributed by atoms with Crippen LogP contribution in [0.15, 0.2) is 12.2 Å². The summed E-state index contributed by atoms with van der Waals surface area (Å²) in [4.78, 5) is 11.0. The van der Waals surface area contributed by atoms with Crippen molar-refractivity contribution in [2.24, 2.45) is 5.92 Å². The predicted octanol–water partition coefficient (Wildman–Crippen LogP) is 2.55. The van der Waals surface area contributed by atoms with Crippen LogP contribution in [0.4, 0.5) is 0 Å². The molecule has 0 aliphatic carbocycles. The van der Waals surface area contributed by atoms with E-state index in [9.17, 15) is 4.79 Å². The number of carbonyl (C=O) groups is 1. The Bertz CT molecular complexity index is 197. The van der Waals surface area contributed by atoms with Gasteiger partial charge in [-0.3, -0.25) is 0 Å². The topological polar surface area (TPSA) is 26.3 Å². The van der Waals surface area contributed by atoms with E-state index in [2.05, 4.69) is 11.3 Å². The third-order valence-electron chi connectivity index (χ3n) is 1.56. The summed E-state index contributed by atoms with van der Waals surface area (Å²) in [6, 6.07) is 0. The van der Waals surface area contributed by atoms with Gasteiger partial charge >= 0.3 is 5.97 Å². The highest BCUT2D eigenvalue weighted by molar-refractivity contribution is 6.52. The lowest BCUT2D eigenvalue weighted by molar-refractivity contribution is -0.136. The Morgan fingerprint density at radius 3 is 2.17 bits per heavy atom. The van der Waals surface area contributed by atoms with Crippen molar-refractivity contribution in [3.8, 4) is 0 Å². The van der Waals surface area contributed by atoms with Crippen LogP contribution in [-0.2, 0) is 9.53 Å². The Kier molecular flexibility index (Phi) is 4.08. The summed E-state index contributed by atoms with van der Waals surface area (Å²) in [7, 11) is 1.26. The smallest absolute Gasteiger partial charge is 0.336 e. The van der Waals surface area contributed by atoms with Crippen molar-refractivity contribution in [3.05, 3.63) is 12.2 Å². The van der Waals surface area contributed by atoms with Gasteiger partial charge in [0.2, 0.25) is 0 Å². The Hall–Kier alpha value is -0.210. The third-order valence-corrected chi connectivity index (χ3v) is 2.89. The Morgan fingerprint density at radius 1 is 1.50 bits per heavy atom. The number of rotatable bonds is 3. The zero-order valence-corrected chi connectivity index (χ0v) is 8.87. The van der Waals surface area contributed by atoms with E-state index in [-0.39, 0.29) is 11.5 Å². The SMILES string of the molecule is C=C(C(=O)OC)C(Cl)(Cl)C(C)C. The number of esters is 1. The number of hydrogen-bond acceptors (Lipinski definition) is 2. The molecule has 0 aliphatic heterocycles. The van der Waals surface area contributed by atoms with Gasteiger partial charge in [0.05, 0.1) is 12.7 Å². The Morgan fingerprint density at radius 2 is 1.92 bits per heavy atom. The summed E-state index contributed by atoms with van der Waals surface area (Å²) in [6.45, 7) is 7.08. The van der Waals surface area contributed by atoms with Gasteiger partial charge in [-0.1, -0.05) is 43.6 Å². The molecule has 0 aromatic rings. The van der Waals surface area contributed by atoms with E-state index < -0.39 is 10.3 Å². The van der Waals surface area contributed by atoms with Gasteiger partial charge in [0.25, 0.3) is 0 Å². The molecule has 0 atom stereocenters. The molecule has 0 fully saturated rings. The van der Waals surface area contributed by atoms with Crippen molar-refractivity contribution >= 4 is 29.2 Å². The molecule has 0 N–H and O–H groups in total. The van der Waals surface area contributed by atoms with E-state index in [1.807, 2.05) is 0 Å². The van der Waals surface area contributed by atoms with Gasteiger partial charge < -0.3 is 4.74 Å². The Labute approximate surface area is 82.5 Å². The molecular weight excluding hydrogens is 199 g/mol. The van der Waals surface area contributed by atoms with Crippen LogP contribution in [0.3, 0.4) is 0 Å². The number of alkyl halides is 2. The van der Waals surface area contributed by atoms with Gasteiger partial charge in [-0.15, -0.1) is 0 Å². The molecule has 0 amide bonds. The quantitative estimate of drug-likeness (QED) is 0.407. The largest absolute Gasteiger partial charge is 0.466 e. The fourth-order valence-corrected chi connectivity index (χ4v) is 0.762. The van der Waals surface area contributed by atoms with Gasteiger partial charge in [-0.05, 0) is 5.92 Å². The van der Waals surface area contributed by atoms with Gasteiger partial charge in [-0.2, -0.15) is 0 Å². The average molecular weight is 211 g/mol. The third kappa shape index (κ3) is 2.39. The second kappa shape index (κ2) is 4.15. The van der Waals surface area contributed by atoms with Crippen LogP contribution in [0.2, 0.25) is 0 Å². The molecule has 0 heterocycles. The van der Waals surface area contributed by atoms with E-state index in [0.29, 0.717) is 0 Å². The summed E-state index contributed by atoms with van der Waals surface area (Å²) < 4.78 is 3.20. The summed E-state index contributed by atoms with van der Waals surface area (Å²) >= 11 is 11.7. The normalized spacial score (nSPS) is 11.5. The van der Waals surface area contributed by atoms with E-state index >= 15 is 0 Å². The van der Waals surface area contributed by atoms with Crippen molar-refractivity contribution in [1.82, 2.24) is 0 Å². The molecule has 0 aromatic heterocycles. The molecular formula is C8H12Cl2O2. The number of hydrogen-bond donors (Lipinski definition) is 0. The van der Waals surface area contributed by atoms with E-state index in [4.69, 9.17) is 23.2 Å². The highest BCUT2D eigenvalue weighted by atomic mass is 35.5. The fourth-order valence-electron chi connectivity index (χ4n) is 0.608. The first-order valence-electron chi connectivity index (χ1n) is 3.49.